The number of rotatable bonds is 4. The first kappa shape index (κ1) is 12.6. The van der Waals surface area contributed by atoms with Crippen LogP contribution in [0.4, 0.5) is 0 Å². The van der Waals surface area contributed by atoms with E-state index >= 15 is 0 Å². The quantitative estimate of drug-likeness (QED) is 0.844. The van der Waals surface area contributed by atoms with Crippen molar-refractivity contribution in [3.63, 3.8) is 0 Å². The van der Waals surface area contributed by atoms with Gasteiger partial charge in [0.2, 0.25) is 0 Å². The van der Waals surface area contributed by atoms with E-state index in [1.165, 1.54) is 32.1 Å². The molecule has 96 valence electrons. The molecular formula is C13H24N4. The van der Waals surface area contributed by atoms with E-state index in [0.29, 0.717) is 12.5 Å². The van der Waals surface area contributed by atoms with E-state index in [4.69, 9.17) is 10.7 Å². The summed E-state index contributed by atoms with van der Waals surface area (Å²) in [6, 6.07) is 0. The Morgan fingerprint density at radius 1 is 1.35 bits per heavy atom. The van der Waals surface area contributed by atoms with Gasteiger partial charge in [0, 0.05) is 17.9 Å². The molecule has 1 fully saturated rings. The number of hydrogen-bond donors (Lipinski definition) is 2. The van der Waals surface area contributed by atoms with Crippen molar-refractivity contribution in [3.05, 3.63) is 11.6 Å². The van der Waals surface area contributed by atoms with Crippen LogP contribution in [0.3, 0.4) is 0 Å². The van der Waals surface area contributed by atoms with E-state index in [1.807, 2.05) is 0 Å². The van der Waals surface area contributed by atoms with E-state index in [-0.39, 0.29) is 5.41 Å². The number of nitrogens with two attached hydrogens (primary N) is 1. The molecule has 0 spiro atoms. The zero-order chi connectivity index (χ0) is 12.3. The third-order valence-electron chi connectivity index (χ3n) is 4.27. The van der Waals surface area contributed by atoms with Crippen LogP contribution in [0.1, 0.15) is 69.9 Å². The zero-order valence-electron chi connectivity index (χ0n) is 11.0. The summed E-state index contributed by atoms with van der Waals surface area (Å²) in [6.07, 6.45) is 7.49. The van der Waals surface area contributed by atoms with Gasteiger partial charge in [-0.25, -0.2) is 4.98 Å². The molecule has 0 radical (unpaired) electrons. The molecule has 1 unspecified atom stereocenters. The molecule has 1 heterocycles. The molecule has 1 aromatic heterocycles. The predicted molar refractivity (Wildman–Crippen MR) is 68.9 cm³/mol. The number of nitrogens with zero attached hydrogens (tertiary/aromatic N) is 2. The summed E-state index contributed by atoms with van der Waals surface area (Å²) in [6.45, 7) is 4.88. The molecule has 0 aliphatic heterocycles. The minimum absolute atomic E-state index is 0.0799. The van der Waals surface area contributed by atoms with E-state index in [0.717, 1.165) is 18.1 Å². The van der Waals surface area contributed by atoms with Crippen LogP contribution in [-0.4, -0.2) is 21.7 Å². The Balaban J connectivity index is 2.14. The van der Waals surface area contributed by atoms with Gasteiger partial charge in [-0.15, -0.1) is 0 Å². The second kappa shape index (κ2) is 5.17. The highest BCUT2D eigenvalue weighted by Gasteiger charge is 2.29. The first-order valence-electron chi connectivity index (χ1n) is 6.82. The maximum atomic E-state index is 5.84. The van der Waals surface area contributed by atoms with Gasteiger partial charge >= 0.3 is 0 Å². The van der Waals surface area contributed by atoms with Gasteiger partial charge in [-0.1, -0.05) is 33.1 Å². The minimum Gasteiger partial charge on any atom is -0.329 e. The van der Waals surface area contributed by atoms with Crippen molar-refractivity contribution >= 4 is 0 Å². The second-order valence-electron chi connectivity index (χ2n) is 5.50. The molecule has 1 aliphatic rings. The molecule has 3 N–H and O–H groups in total. The van der Waals surface area contributed by atoms with E-state index < -0.39 is 0 Å². The maximum Gasteiger partial charge on any atom is 0.157 e. The molecule has 0 amide bonds. The van der Waals surface area contributed by atoms with Crippen molar-refractivity contribution in [2.24, 2.45) is 5.73 Å². The molecule has 17 heavy (non-hydrogen) atoms. The highest BCUT2D eigenvalue weighted by Crippen LogP contribution is 2.32. The Morgan fingerprint density at radius 2 is 2.06 bits per heavy atom. The second-order valence-corrected chi connectivity index (χ2v) is 5.50. The van der Waals surface area contributed by atoms with Crippen LogP contribution in [-0.2, 0) is 5.41 Å². The van der Waals surface area contributed by atoms with Crippen molar-refractivity contribution in [2.45, 2.75) is 63.7 Å². The Kier molecular flexibility index (Phi) is 3.82. The molecule has 1 aromatic rings. The van der Waals surface area contributed by atoms with Crippen LogP contribution < -0.4 is 5.73 Å². The lowest BCUT2D eigenvalue weighted by Gasteiger charge is -2.22. The summed E-state index contributed by atoms with van der Waals surface area (Å²) in [5.74, 6) is 2.56. The van der Waals surface area contributed by atoms with Gasteiger partial charge in [0.25, 0.3) is 0 Å². The summed E-state index contributed by atoms with van der Waals surface area (Å²) in [4.78, 5) is 4.70. The number of aromatic nitrogens is 3. The smallest absolute Gasteiger partial charge is 0.157 e. The lowest BCUT2D eigenvalue weighted by Crippen LogP contribution is -2.32. The van der Waals surface area contributed by atoms with Crippen LogP contribution in [0.25, 0.3) is 0 Å². The molecule has 4 nitrogen and oxygen atoms in total. The standard InChI is InChI=1S/C13H24N4/c1-3-13(2,9-14)12-15-11(16-17-12)10-7-5-4-6-8-10/h10H,3-9,14H2,1-2H3,(H,15,16,17). The van der Waals surface area contributed by atoms with Crippen LogP contribution in [0.2, 0.25) is 0 Å². The molecule has 1 atom stereocenters. The fraction of sp³-hybridized carbons (Fsp3) is 0.846. The Bertz CT molecular complexity index is 348. The summed E-state index contributed by atoms with van der Waals surface area (Å²) in [7, 11) is 0. The van der Waals surface area contributed by atoms with Gasteiger partial charge in [-0.2, -0.15) is 5.10 Å². The lowest BCUT2D eigenvalue weighted by atomic mass is 9.86. The first-order chi connectivity index (χ1) is 8.19. The zero-order valence-corrected chi connectivity index (χ0v) is 11.0. The Labute approximate surface area is 103 Å². The lowest BCUT2D eigenvalue weighted by molar-refractivity contribution is 0.424. The normalized spacial score (nSPS) is 21.4. The van der Waals surface area contributed by atoms with E-state index in [1.54, 1.807) is 0 Å². The summed E-state index contributed by atoms with van der Waals surface area (Å²) < 4.78 is 0. The maximum absolute atomic E-state index is 5.84. The van der Waals surface area contributed by atoms with Gasteiger partial charge in [0.15, 0.2) is 5.82 Å². The highest BCUT2D eigenvalue weighted by atomic mass is 15.2. The van der Waals surface area contributed by atoms with Crippen molar-refractivity contribution in [2.75, 3.05) is 6.54 Å². The van der Waals surface area contributed by atoms with Gasteiger partial charge in [0.05, 0.1) is 0 Å². The molecule has 2 rings (SSSR count). The van der Waals surface area contributed by atoms with Crippen LogP contribution in [0.5, 0.6) is 0 Å². The Hall–Kier alpha value is -0.900. The molecule has 1 aliphatic carbocycles. The number of nitrogens with one attached hydrogen (secondary N) is 1. The largest absolute Gasteiger partial charge is 0.329 e. The van der Waals surface area contributed by atoms with E-state index in [9.17, 15) is 0 Å². The van der Waals surface area contributed by atoms with Gasteiger partial charge in [-0.3, -0.25) is 5.10 Å². The summed E-state index contributed by atoms with van der Waals surface area (Å²) in [5, 5.41) is 7.52. The molecule has 1 saturated carbocycles. The predicted octanol–water partition coefficient (Wildman–Crippen LogP) is 2.48. The number of aromatic amines is 1. The molecule has 0 saturated heterocycles. The van der Waals surface area contributed by atoms with Crippen LogP contribution in [0, 0.1) is 0 Å². The highest BCUT2D eigenvalue weighted by molar-refractivity contribution is 5.09. The summed E-state index contributed by atoms with van der Waals surface area (Å²) >= 11 is 0. The third-order valence-corrected chi connectivity index (χ3v) is 4.27. The Morgan fingerprint density at radius 3 is 2.65 bits per heavy atom. The fourth-order valence-electron chi connectivity index (χ4n) is 2.50. The fourth-order valence-corrected chi connectivity index (χ4v) is 2.50. The van der Waals surface area contributed by atoms with E-state index in [2.05, 4.69) is 24.0 Å². The average molecular weight is 236 g/mol. The first-order valence-corrected chi connectivity index (χ1v) is 6.82. The SMILES string of the molecule is CCC(C)(CN)c1n[nH]c(C2CCCCC2)n1. The minimum atomic E-state index is -0.0799. The molecule has 0 aromatic carbocycles. The van der Waals surface area contributed by atoms with Crippen molar-refractivity contribution < 1.29 is 0 Å². The molecule has 0 bridgehead atoms. The summed E-state index contributed by atoms with van der Waals surface area (Å²) in [5.41, 5.74) is 5.76. The monoisotopic (exact) mass is 236 g/mol. The van der Waals surface area contributed by atoms with Gasteiger partial charge in [-0.05, 0) is 19.3 Å². The number of hydrogen-bond acceptors (Lipinski definition) is 3. The van der Waals surface area contributed by atoms with Crippen molar-refractivity contribution in [1.29, 1.82) is 0 Å². The average Bonchev–Trinajstić information content (AvgIpc) is 2.89. The third kappa shape index (κ3) is 2.51. The van der Waals surface area contributed by atoms with Gasteiger partial charge in [0.1, 0.15) is 5.82 Å². The van der Waals surface area contributed by atoms with Gasteiger partial charge < -0.3 is 5.73 Å². The van der Waals surface area contributed by atoms with Crippen LogP contribution >= 0.6 is 0 Å². The molecular weight excluding hydrogens is 212 g/mol. The number of H-pyrrole nitrogens is 1. The van der Waals surface area contributed by atoms with Crippen molar-refractivity contribution in [3.8, 4) is 0 Å². The topological polar surface area (TPSA) is 67.6 Å². The van der Waals surface area contributed by atoms with Crippen LogP contribution in [0.15, 0.2) is 0 Å². The van der Waals surface area contributed by atoms with Crippen molar-refractivity contribution in [1.82, 2.24) is 15.2 Å². The molecule has 4 heteroatoms.